The minimum Gasteiger partial charge on any atom is -0.251 e. The van der Waals surface area contributed by atoms with Gasteiger partial charge in [0.25, 0.3) is 0 Å². The van der Waals surface area contributed by atoms with Gasteiger partial charge < -0.3 is 0 Å². The zero-order valence-electron chi connectivity index (χ0n) is 9.48. The van der Waals surface area contributed by atoms with Crippen molar-refractivity contribution in [3.63, 3.8) is 0 Å². The number of alkyl halides is 3. The number of benzene rings is 1. The Hall–Kier alpha value is -1.67. The van der Waals surface area contributed by atoms with Gasteiger partial charge in [0, 0.05) is 5.39 Å². The molecule has 1 heterocycles. The highest BCUT2D eigenvalue weighted by molar-refractivity contribution is 7.89. The normalized spacial score (nSPS) is 12.8. The number of sulfonamides is 1. The molecule has 2 N–H and O–H groups in total. The second-order valence-corrected chi connectivity index (χ2v) is 5.49. The zero-order valence-corrected chi connectivity index (χ0v) is 10.3. The molecule has 0 saturated carbocycles. The van der Waals surface area contributed by atoms with E-state index in [1.807, 2.05) is 0 Å². The zero-order chi connectivity index (χ0) is 14.3. The summed E-state index contributed by atoms with van der Waals surface area (Å²) < 4.78 is 60.0. The minimum absolute atomic E-state index is 0.286. The molecule has 0 aliphatic heterocycles. The Labute approximate surface area is 107 Å². The van der Waals surface area contributed by atoms with Crippen molar-refractivity contribution < 1.29 is 21.6 Å². The number of hydrogen-bond acceptors (Lipinski definition) is 3. The molecule has 0 aliphatic carbocycles. The van der Waals surface area contributed by atoms with Gasteiger partial charge in [-0.05, 0) is 12.1 Å². The number of fused-ring (bicyclic) bond motifs is 1. The van der Waals surface area contributed by atoms with Crippen molar-refractivity contribution in [3.05, 3.63) is 36.0 Å². The van der Waals surface area contributed by atoms with Crippen LogP contribution >= 0.6 is 0 Å². The number of halogens is 3. The summed E-state index contributed by atoms with van der Waals surface area (Å²) in [5.41, 5.74) is -0.303. The first-order chi connectivity index (χ1) is 8.67. The van der Waals surface area contributed by atoms with Crippen molar-refractivity contribution in [1.29, 1.82) is 0 Å². The van der Waals surface area contributed by atoms with E-state index in [0.29, 0.717) is 5.39 Å². The van der Waals surface area contributed by atoms with Gasteiger partial charge in [-0.1, -0.05) is 18.2 Å². The number of pyridine rings is 1. The molecular formula is C11H9F3N2O2S. The van der Waals surface area contributed by atoms with Gasteiger partial charge in [0.15, 0.2) is 0 Å². The van der Waals surface area contributed by atoms with Crippen LogP contribution in [0.3, 0.4) is 0 Å². The van der Waals surface area contributed by atoms with Crippen molar-refractivity contribution >= 4 is 20.9 Å². The Morgan fingerprint density at radius 2 is 1.84 bits per heavy atom. The van der Waals surface area contributed by atoms with Crippen LogP contribution in [-0.2, 0) is 16.4 Å². The lowest BCUT2D eigenvalue weighted by Crippen LogP contribution is -2.20. The molecule has 0 saturated heterocycles. The first-order valence-corrected chi connectivity index (χ1v) is 6.70. The smallest absolute Gasteiger partial charge is 0.251 e. The number of hydrogen-bond donors (Lipinski definition) is 1. The van der Waals surface area contributed by atoms with Gasteiger partial charge in [0.2, 0.25) is 10.0 Å². The van der Waals surface area contributed by atoms with Gasteiger partial charge in [-0.25, -0.2) is 13.6 Å². The van der Waals surface area contributed by atoms with Gasteiger partial charge in [0.05, 0.1) is 17.6 Å². The van der Waals surface area contributed by atoms with E-state index >= 15 is 0 Å². The molecule has 1 aromatic heterocycles. The summed E-state index contributed by atoms with van der Waals surface area (Å²) in [4.78, 5) is 3.15. The number of nitrogens with zero attached hydrogens (tertiary/aromatic N) is 1. The number of aromatic nitrogens is 1. The van der Waals surface area contributed by atoms with Crippen LogP contribution in [-0.4, -0.2) is 19.6 Å². The maximum Gasteiger partial charge on any atom is 0.394 e. The fourth-order valence-electron chi connectivity index (χ4n) is 1.70. The summed E-state index contributed by atoms with van der Waals surface area (Å²) in [7, 11) is -4.26. The molecule has 1 aromatic carbocycles. The third kappa shape index (κ3) is 3.21. The summed E-state index contributed by atoms with van der Waals surface area (Å²) in [5.74, 6) is 0. The van der Waals surface area contributed by atoms with Gasteiger partial charge >= 0.3 is 6.18 Å². The fourth-order valence-corrected chi connectivity index (χ4v) is 2.44. The van der Waals surface area contributed by atoms with Crippen molar-refractivity contribution in [2.45, 2.75) is 17.5 Å². The molecule has 0 aliphatic rings. The molecule has 0 amide bonds. The van der Waals surface area contributed by atoms with Crippen LogP contribution < -0.4 is 5.14 Å². The van der Waals surface area contributed by atoms with E-state index in [1.165, 1.54) is 6.07 Å². The Morgan fingerprint density at radius 3 is 2.42 bits per heavy atom. The lowest BCUT2D eigenvalue weighted by atomic mass is 10.2. The van der Waals surface area contributed by atoms with Crippen molar-refractivity contribution in [2.75, 3.05) is 0 Å². The second kappa shape index (κ2) is 4.46. The fraction of sp³-hybridized carbons (Fsp3) is 0.182. The second-order valence-electron chi connectivity index (χ2n) is 3.96. The molecule has 0 unspecified atom stereocenters. The minimum atomic E-state index is -4.56. The maximum absolute atomic E-state index is 12.4. The molecule has 4 nitrogen and oxygen atoms in total. The van der Waals surface area contributed by atoms with E-state index in [0.717, 1.165) is 6.07 Å². The summed E-state index contributed by atoms with van der Waals surface area (Å²) in [5, 5.41) is 5.35. The topological polar surface area (TPSA) is 73.1 Å². The number of para-hydroxylation sites is 1. The molecule has 102 valence electrons. The van der Waals surface area contributed by atoms with Crippen LogP contribution in [0.25, 0.3) is 10.9 Å². The molecule has 0 bridgehead atoms. The quantitative estimate of drug-likeness (QED) is 0.919. The van der Waals surface area contributed by atoms with E-state index < -0.39 is 33.2 Å². The predicted molar refractivity (Wildman–Crippen MR) is 62.9 cm³/mol. The summed E-state index contributed by atoms with van der Waals surface area (Å²) in [6.45, 7) is 0. The highest BCUT2D eigenvalue weighted by Gasteiger charge is 2.32. The SMILES string of the molecule is NS(=O)(=O)c1cc2ccccc2nc1CC(F)(F)F. The van der Waals surface area contributed by atoms with E-state index in [1.54, 1.807) is 18.2 Å². The molecule has 2 aromatic rings. The summed E-state index contributed by atoms with van der Waals surface area (Å²) in [6.07, 6.45) is -6.00. The van der Waals surface area contributed by atoms with E-state index in [4.69, 9.17) is 5.14 Å². The maximum atomic E-state index is 12.4. The Morgan fingerprint density at radius 1 is 1.21 bits per heavy atom. The molecular weight excluding hydrogens is 281 g/mol. The molecule has 0 radical (unpaired) electrons. The molecule has 0 atom stereocenters. The van der Waals surface area contributed by atoms with Gasteiger partial charge in [-0.3, -0.25) is 4.98 Å². The largest absolute Gasteiger partial charge is 0.394 e. The highest BCUT2D eigenvalue weighted by atomic mass is 32.2. The van der Waals surface area contributed by atoms with Crippen molar-refractivity contribution in [3.8, 4) is 0 Å². The van der Waals surface area contributed by atoms with Gasteiger partial charge in [0.1, 0.15) is 4.90 Å². The number of rotatable bonds is 2. The van der Waals surface area contributed by atoms with E-state index in [9.17, 15) is 21.6 Å². The monoisotopic (exact) mass is 290 g/mol. The lowest BCUT2D eigenvalue weighted by Gasteiger charge is -2.11. The highest BCUT2D eigenvalue weighted by Crippen LogP contribution is 2.26. The Balaban J connectivity index is 2.71. The first-order valence-electron chi connectivity index (χ1n) is 5.15. The molecule has 0 spiro atoms. The van der Waals surface area contributed by atoms with Crippen LogP contribution in [0.1, 0.15) is 5.69 Å². The lowest BCUT2D eigenvalue weighted by molar-refractivity contribution is -0.128. The van der Waals surface area contributed by atoms with E-state index in [2.05, 4.69) is 4.98 Å². The number of nitrogens with two attached hydrogens (primary N) is 1. The van der Waals surface area contributed by atoms with Crippen LogP contribution in [0.5, 0.6) is 0 Å². The number of primary sulfonamides is 1. The predicted octanol–water partition coefficient (Wildman–Crippen LogP) is 1.99. The van der Waals surface area contributed by atoms with Crippen molar-refractivity contribution in [2.24, 2.45) is 5.14 Å². The first kappa shape index (κ1) is 13.8. The summed E-state index contributed by atoms with van der Waals surface area (Å²) in [6, 6.07) is 7.39. The third-order valence-corrected chi connectivity index (χ3v) is 3.40. The average Bonchev–Trinajstić information content (AvgIpc) is 2.24. The molecule has 2 rings (SSSR count). The Kier molecular flexibility index (Phi) is 3.23. The van der Waals surface area contributed by atoms with Crippen molar-refractivity contribution in [1.82, 2.24) is 4.98 Å². The third-order valence-electron chi connectivity index (χ3n) is 2.44. The molecule has 19 heavy (non-hydrogen) atoms. The molecule has 0 fully saturated rings. The molecule has 8 heteroatoms. The van der Waals surface area contributed by atoms with Crippen LogP contribution in [0.2, 0.25) is 0 Å². The van der Waals surface area contributed by atoms with E-state index in [-0.39, 0.29) is 5.52 Å². The van der Waals surface area contributed by atoms with Crippen LogP contribution in [0.4, 0.5) is 13.2 Å². The standard InChI is InChI=1S/C11H9F3N2O2S/c12-11(13,14)6-9-10(19(15,17)18)5-7-3-1-2-4-8(7)16-9/h1-5H,6H2,(H2,15,17,18). The van der Waals surface area contributed by atoms with Crippen LogP contribution in [0.15, 0.2) is 35.2 Å². The Bertz CT molecular complexity index is 726. The van der Waals surface area contributed by atoms with Gasteiger partial charge in [-0.2, -0.15) is 13.2 Å². The van der Waals surface area contributed by atoms with Crippen LogP contribution in [0, 0.1) is 0 Å². The average molecular weight is 290 g/mol. The van der Waals surface area contributed by atoms with Gasteiger partial charge in [-0.15, -0.1) is 0 Å². The summed E-state index contributed by atoms with van der Waals surface area (Å²) >= 11 is 0.